The first-order valence-corrected chi connectivity index (χ1v) is 8.98. The SMILES string of the molecule is CC(C)c1c(C(=O)N(C)C2CCCC2)cnn1-c1ccc(Cl)cc1. The van der Waals surface area contributed by atoms with Crippen LogP contribution in [0.3, 0.4) is 0 Å². The molecule has 1 aromatic carbocycles. The van der Waals surface area contributed by atoms with Crippen molar-refractivity contribution in [2.75, 3.05) is 7.05 Å². The third-order valence-corrected chi connectivity index (χ3v) is 5.10. The molecule has 128 valence electrons. The van der Waals surface area contributed by atoms with Gasteiger partial charge in [-0.3, -0.25) is 4.79 Å². The molecule has 0 atom stereocenters. The normalized spacial score (nSPS) is 15.2. The highest BCUT2D eigenvalue weighted by Gasteiger charge is 2.28. The minimum atomic E-state index is 0.0748. The number of benzene rings is 1. The van der Waals surface area contributed by atoms with E-state index in [-0.39, 0.29) is 11.8 Å². The number of amides is 1. The van der Waals surface area contributed by atoms with Crippen LogP contribution in [-0.4, -0.2) is 33.7 Å². The standard InChI is InChI=1S/C19H24ClN3O/c1-13(2)18-17(19(24)22(3)15-6-4-5-7-15)12-21-23(18)16-10-8-14(20)9-11-16/h8-13,15H,4-7H2,1-3H3. The molecule has 0 bridgehead atoms. The van der Waals surface area contributed by atoms with Gasteiger partial charge in [-0.2, -0.15) is 5.10 Å². The van der Waals surface area contributed by atoms with Crippen molar-refractivity contribution >= 4 is 17.5 Å². The molecule has 0 aliphatic heterocycles. The van der Waals surface area contributed by atoms with Gasteiger partial charge >= 0.3 is 0 Å². The Morgan fingerprint density at radius 1 is 1.25 bits per heavy atom. The molecule has 1 heterocycles. The van der Waals surface area contributed by atoms with E-state index in [0.717, 1.165) is 24.2 Å². The molecule has 3 rings (SSSR count). The molecule has 1 aliphatic rings. The third-order valence-electron chi connectivity index (χ3n) is 4.85. The summed E-state index contributed by atoms with van der Waals surface area (Å²) < 4.78 is 1.86. The lowest BCUT2D eigenvalue weighted by Crippen LogP contribution is -2.35. The van der Waals surface area contributed by atoms with Gasteiger partial charge in [0.05, 0.1) is 23.1 Å². The molecule has 0 spiro atoms. The zero-order valence-electron chi connectivity index (χ0n) is 14.5. The maximum Gasteiger partial charge on any atom is 0.257 e. The number of hydrogen-bond acceptors (Lipinski definition) is 2. The Bertz CT molecular complexity index is 715. The van der Waals surface area contributed by atoms with E-state index in [1.165, 1.54) is 12.8 Å². The van der Waals surface area contributed by atoms with Crippen molar-refractivity contribution < 1.29 is 4.79 Å². The monoisotopic (exact) mass is 345 g/mol. The van der Waals surface area contributed by atoms with Gasteiger partial charge in [-0.05, 0) is 43.0 Å². The van der Waals surface area contributed by atoms with Crippen molar-refractivity contribution in [2.24, 2.45) is 0 Å². The molecule has 1 amide bonds. The fraction of sp³-hybridized carbons (Fsp3) is 0.474. The zero-order chi connectivity index (χ0) is 17.3. The lowest BCUT2D eigenvalue weighted by molar-refractivity contribution is 0.0733. The second-order valence-electron chi connectivity index (χ2n) is 6.84. The summed E-state index contributed by atoms with van der Waals surface area (Å²) in [5.74, 6) is 0.268. The van der Waals surface area contributed by atoms with Gasteiger partial charge < -0.3 is 4.90 Å². The Morgan fingerprint density at radius 2 is 1.88 bits per heavy atom. The average molecular weight is 346 g/mol. The van der Waals surface area contributed by atoms with Gasteiger partial charge in [-0.1, -0.05) is 38.3 Å². The van der Waals surface area contributed by atoms with Gasteiger partial charge in [0.25, 0.3) is 5.91 Å². The molecular formula is C19H24ClN3O. The van der Waals surface area contributed by atoms with E-state index >= 15 is 0 Å². The minimum absolute atomic E-state index is 0.0748. The quantitative estimate of drug-likeness (QED) is 0.808. The number of nitrogens with zero attached hydrogens (tertiary/aromatic N) is 3. The van der Waals surface area contributed by atoms with Gasteiger partial charge in [0.1, 0.15) is 0 Å². The van der Waals surface area contributed by atoms with Gasteiger partial charge in [-0.25, -0.2) is 4.68 Å². The first kappa shape index (κ1) is 17.0. The van der Waals surface area contributed by atoms with Crippen LogP contribution in [0.5, 0.6) is 0 Å². The van der Waals surface area contributed by atoms with E-state index in [9.17, 15) is 4.79 Å². The van der Waals surface area contributed by atoms with Crippen LogP contribution in [0.1, 0.15) is 61.5 Å². The largest absolute Gasteiger partial charge is 0.339 e. The summed E-state index contributed by atoms with van der Waals surface area (Å²) in [6.07, 6.45) is 6.33. The van der Waals surface area contributed by atoms with Gasteiger partial charge in [0, 0.05) is 18.1 Å². The summed E-state index contributed by atoms with van der Waals surface area (Å²) in [6.45, 7) is 4.19. The average Bonchev–Trinajstić information content (AvgIpc) is 3.23. The number of carbonyl (C=O) groups excluding carboxylic acids is 1. The first-order chi connectivity index (χ1) is 11.5. The predicted octanol–water partition coefficient (Wildman–Crippen LogP) is 4.66. The molecule has 5 heteroatoms. The van der Waals surface area contributed by atoms with Crippen LogP contribution in [0.25, 0.3) is 5.69 Å². The summed E-state index contributed by atoms with van der Waals surface area (Å²) in [6, 6.07) is 7.90. The second kappa shape index (κ2) is 6.98. The van der Waals surface area contributed by atoms with Crippen LogP contribution in [0, 0.1) is 0 Å². The molecule has 0 N–H and O–H groups in total. The van der Waals surface area contributed by atoms with Crippen LogP contribution in [-0.2, 0) is 0 Å². The van der Waals surface area contributed by atoms with E-state index in [1.807, 2.05) is 40.9 Å². The molecule has 1 fully saturated rings. The van der Waals surface area contributed by atoms with E-state index in [0.29, 0.717) is 16.6 Å². The fourth-order valence-corrected chi connectivity index (χ4v) is 3.64. The van der Waals surface area contributed by atoms with Crippen molar-refractivity contribution in [2.45, 2.75) is 51.5 Å². The number of aromatic nitrogens is 2. The molecule has 1 aliphatic carbocycles. The maximum absolute atomic E-state index is 13.0. The smallest absolute Gasteiger partial charge is 0.257 e. The Labute approximate surface area is 148 Å². The fourth-order valence-electron chi connectivity index (χ4n) is 3.51. The number of halogens is 1. The highest BCUT2D eigenvalue weighted by atomic mass is 35.5. The van der Waals surface area contributed by atoms with Gasteiger partial charge in [0.15, 0.2) is 0 Å². The predicted molar refractivity (Wildman–Crippen MR) is 97.0 cm³/mol. The van der Waals surface area contributed by atoms with Crippen LogP contribution >= 0.6 is 11.6 Å². The molecule has 4 nitrogen and oxygen atoms in total. The lowest BCUT2D eigenvalue weighted by atomic mass is 10.0. The minimum Gasteiger partial charge on any atom is -0.339 e. The van der Waals surface area contributed by atoms with E-state index in [4.69, 9.17) is 11.6 Å². The summed E-state index contributed by atoms with van der Waals surface area (Å²) in [5.41, 5.74) is 2.58. The molecule has 1 saturated carbocycles. The Balaban J connectivity index is 1.96. The van der Waals surface area contributed by atoms with E-state index in [2.05, 4.69) is 18.9 Å². The topological polar surface area (TPSA) is 38.1 Å². The first-order valence-electron chi connectivity index (χ1n) is 8.60. The Kier molecular flexibility index (Phi) is 4.95. The van der Waals surface area contributed by atoms with Gasteiger partial charge in [-0.15, -0.1) is 0 Å². The van der Waals surface area contributed by atoms with Crippen molar-refractivity contribution in [1.82, 2.24) is 14.7 Å². The van der Waals surface area contributed by atoms with Crippen molar-refractivity contribution in [1.29, 1.82) is 0 Å². The zero-order valence-corrected chi connectivity index (χ0v) is 15.3. The van der Waals surface area contributed by atoms with E-state index in [1.54, 1.807) is 6.20 Å². The Morgan fingerprint density at radius 3 is 2.46 bits per heavy atom. The molecule has 0 unspecified atom stereocenters. The van der Waals surface area contributed by atoms with Crippen molar-refractivity contribution in [3.63, 3.8) is 0 Å². The molecular weight excluding hydrogens is 322 g/mol. The number of rotatable bonds is 4. The molecule has 0 radical (unpaired) electrons. The number of hydrogen-bond donors (Lipinski definition) is 0. The lowest BCUT2D eigenvalue weighted by Gasteiger charge is -2.25. The van der Waals surface area contributed by atoms with E-state index < -0.39 is 0 Å². The highest BCUT2D eigenvalue weighted by molar-refractivity contribution is 6.30. The number of carbonyl (C=O) groups is 1. The molecule has 0 saturated heterocycles. The van der Waals surface area contributed by atoms with Crippen LogP contribution in [0.4, 0.5) is 0 Å². The van der Waals surface area contributed by atoms with Crippen LogP contribution in [0.15, 0.2) is 30.5 Å². The molecule has 1 aromatic heterocycles. The van der Waals surface area contributed by atoms with Crippen LogP contribution in [0.2, 0.25) is 5.02 Å². The van der Waals surface area contributed by atoms with Crippen molar-refractivity contribution in [3.05, 3.63) is 46.7 Å². The summed E-state index contributed by atoms with van der Waals surface area (Å²) in [5, 5.41) is 5.18. The van der Waals surface area contributed by atoms with Crippen molar-refractivity contribution in [3.8, 4) is 5.69 Å². The van der Waals surface area contributed by atoms with Gasteiger partial charge in [0.2, 0.25) is 0 Å². The molecule has 24 heavy (non-hydrogen) atoms. The summed E-state index contributed by atoms with van der Waals surface area (Å²) >= 11 is 5.98. The molecule has 2 aromatic rings. The maximum atomic E-state index is 13.0. The van der Waals surface area contributed by atoms with Crippen LogP contribution < -0.4 is 0 Å². The summed E-state index contributed by atoms with van der Waals surface area (Å²) in [4.78, 5) is 14.9. The second-order valence-corrected chi connectivity index (χ2v) is 7.28. The Hall–Kier alpha value is -1.81. The third kappa shape index (κ3) is 3.20. The highest BCUT2D eigenvalue weighted by Crippen LogP contribution is 2.28. The summed E-state index contributed by atoms with van der Waals surface area (Å²) in [7, 11) is 1.92.